The van der Waals surface area contributed by atoms with Crippen molar-refractivity contribution in [2.45, 2.75) is 25.4 Å². The van der Waals surface area contributed by atoms with Crippen molar-refractivity contribution < 1.29 is 0 Å². The third-order valence-corrected chi connectivity index (χ3v) is 5.08. The Morgan fingerprint density at radius 2 is 2.18 bits per heavy atom. The van der Waals surface area contributed by atoms with Crippen molar-refractivity contribution in [1.82, 2.24) is 10.2 Å². The normalized spacial score (nSPS) is 21.4. The first kappa shape index (κ1) is 13.5. The van der Waals surface area contributed by atoms with Crippen LogP contribution in [0.1, 0.15) is 24.3 Å². The largest absolute Gasteiger partial charge is 0.323 e. The van der Waals surface area contributed by atoms with Gasteiger partial charge in [-0.05, 0) is 41.4 Å². The molecule has 2 unspecified atom stereocenters. The van der Waals surface area contributed by atoms with Gasteiger partial charge in [0, 0.05) is 43.1 Å². The van der Waals surface area contributed by atoms with Gasteiger partial charge in [0.15, 0.2) is 0 Å². The second kappa shape index (κ2) is 6.29. The van der Waals surface area contributed by atoms with Crippen LogP contribution in [-0.4, -0.2) is 37.1 Å². The number of piperazine rings is 1. The number of rotatable bonds is 4. The molecule has 1 aromatic heterocycles. The summed E-state index contributed by atoms with van der Waals surface area (Å²) in [6, 6.07) is 4.93. The van der Waals surface area contributed by atoms with Crippen molar-refractivity contribution in [1.29, 1.82) is 0 Å². The van der Waals surface area contributed by atoms with E-state index < -0.39 is 0 Å². The molecule has 2 heterocycles. The van der Waals surface area contributed by atoms with Crippen molar-refractivity contribution in [2.75, 3.05) is 26.2 Å². The lowest BCUT2D eigenvalue weighted by Gasteiger charge is -2.33. The van der Waals surface area contributed by atoms with Crippen molar-refractivity contribution in [3.63, 3.8) is 0 Å². The molecule has 0 saturated carbocycles. The van der Waals surface area contributed by atoms with Gasteiger partial charge in [-0.1, -0.05) is 0 Å². The highest BCUT2D eigenvalue weighted by atomic mass is 79.9. The molecule has 0 aliphatic carbocycles. The number of halogens is 1. The number of hydrogen-bond donors (Lipinski definition) is 2. The van der Waals surface area contributed by atoms with E-state index in [0.29, 0.717) is 6.04 Å². The summed E-state index contributed by atoms with van der Waals surface area (Å²) >= 11 is 5.23. The van der Waals surface area contributed by atoms with Gasteiger partial charge in [0.05, 0.1) is 3.79 Å². The van der Waals surface area contributed by atoms with Crippen LogP contribution < -0.4 is 11.1 Å². The first-order valence-corrected chi connectivity index (χ1v) is 7.73. The first-order chi connectivity index (χ1) is 8.16. The molecular formula is C12H20BrN3S. The maximum Gasteiger partial charge on any atom is 0.0701 e. The fourth-order valence-electron chi connectivity index (χ4n) is 2.28. The molecule has 0 spiro atoms. The SMILES string of the molecule is CC(CC(N)c1ccc(Br)s1)N1CCNCC1. The van der Waals surface area contributed by atoms with E-state index in [1.807, 2.05) is 0 Å². The molecule has 1 saturated heterocycles. The Morgan fingerprint density at radius 3 is 2.76 bits per heavy atom. The van der Waals surface area contributed by atoms with Gasteiger partial charge in [-0.25, -0.2) is 0 Å². The van der Waals surface area contributed by atoms with E-state index in [4.69, 9.17) is 5.73 Å². The highest BCUT2D eigenvalue weighted by Crippen LogP contribution is 2.28. The number of nitrogens with zero attached hydrogens (tertiary/aromatic N) is 1. The lowest BCUT2D eigenvalue weighted by Crippen LogP contribution is -2.48. The second-order valence-electron chi connectivity index (χ2n) is 4.62. The third kappa shape index (κ3) is 3.76. The van der Waals surface area contributed by atoms with E-state index in [1.54, 1.807) is 11.3 Å². The van der Waals surface area contributed by atoms with Crippen LogP contribution in [0.25, 0.3) is 0 Å². The van der Waals surface area contributed by atoms with E-state index in [-0.39, 0.29) is 6.04 Å². The maximum absolute atomic E-state index is 6.26. The van der Waals surface area contributed by atoms with E-state index >= 15 is 0 Å². The zero-order valence-electron chi connectivity index (χ0n) is 10.2. The van der Waals surface area contributed by atoms with Crippen molar-refractivity contribution in [3.05, 3.63) is 20.8 Å². The highest BCUT2D eigenvalue weighted by molar-refractivity contribution is 9.11. The second-order valence-corrected chi connectivity index (χ2v) is 7.11. The molecule has 1 aliphatic heterocycles. The molecule has 1 fully saturated rings. The molecule has 3 N–H and O–H groups in total. The third-order valence-electron chi connectivity index (χ3n) is 3.33. The standard InChI is InChI=1S/C12H20BrN3S/c1-9(16-6-4-15-5-7-16)8-10(14)11-2-3-12(13)17-11/h2-3,9-10,15H,4-8,14H2,1H3. The highest BCUT2D eigenvalue weighted by Gasteiger charge is 2.20. The average molecular weight is 318 g/mol. The lowest BCUT2D eigenvalue weighted by atomic mass is 10.1. The van der Waals surface area contributed by atoms with Gasteiger partial charge < -0.3 is 11.1 Å². The summed E-state index contributed by atoms with van der Waals surface area (Å²) in [5.41, 5.74) is 6.26. The molecule has 1 aliphatic rings. The van der Waals surface area contributed by atoms with Crippen LogP contribution in [0.15, 0.2) is 15.9 Å². The number of hydrogen-bond acceptors (Lipinski definition) is 4. The van der Waals surface area contributed by atoms with E-state index in [9.17, 15) is 0 Å². The van der Waals surface area contributed by atoms with Crippen LogP contribution in [0.2, 0.25) is 0 Å². The van der Waals surface area contributed by atoms with Crippen LogP contribution in [-0.2, 0) is 0 Å². The van der Waals surface area contributed by atoms with E-state index in [1.165, 1.54) is 4.88 Å². The van der Waals surface area contributed by atoms with E-state index in [2.05, 4.69) is 45.2 Å². The summed E-state index contributed by atoms with van der Waals surface area (Å²) in [5, 5.41) is 3.38. The fraction of sp³-hybridized carbons (Fsp3) is 0.667. The topological polar surface area (TPSA) is 41.3 Å². The summed E-state index contributed by atoms with van der Waals surface area (Å²) < 4.78 is 1.16. The Morgan fingerprint density at radius 1 is 1.47 bits per heavy atom. The zero-order valence-corrected chi connectivity index (χ0v) is 12.6. The molecule has 96 valence electrons. The molecule has 2 rings (SSSR count). The van der Waals surface area contributed by atoms with Crippen LogP contribution in [0.4, 0.5) is 0 Å². The maximum atomic E-state index is 6.26. The molecule has 0 radical (unpaired) electrons. The minimum absolute atomic E-state index is 0.163. The summed E-state index contributed by atoms with van der Waals surface area (Å²) in [7, 11) is 0. The Hall–Kier alpha value is 0.0600. The van der Waals surface area contributed by atoms with Gasteiger partial charge in [-0.2, -0.15) is 0 Å². The van der Waals surface area contributed by atoms with Gasteiger partial charge in [0.25, 0.3) is 0 Å². The molecule has 3 nitrogen and oxygen atoms in total. The Labute approximate surface area is 116 Å². The van der Waals surface area contributed by atoms with Gasteiger partial charge in [0.2, 0.25) is 0 Å². The van der Waals surface area contributed by atoms with Crippen LogP contribution in [0, 0.1) is 0 Å². The van der Waals surface area contributed by atoms with Gasteiger partial charge in [0.1, 0.15) is 0 Å². The molecule has 2 atom stereocenters. The van der Waals surface area contributed by atoms with Crippen molar-refractivity contribution in [2.24, 2.45) is 5.73 Å². The Balaban J connectivity index is 1.87. The number of thiophene rings is 1. The number of nitrogens with two attached hydrogens (primary N) is 1. The minimum Gasteiger partial charge on any atom is -0.323 e. The molecule has 1 aromatic rings. The van der Waals surface area contributed by atoms with Crippen LogP contribution >= 0.6 is 27.3 Å². The summed E-state index contributed by atoms with van der Waals surface area (Å²) in [6.07, 6.45) is 1.03. The van der Waals surface area contributed by atoms with Gasteiger partial charge >= 0.3 is 0 Å². The predicted molar refractivity (Wildman–Crippen MR) is 77.5 cm³/mol. The lowest BCUT2D eigenvalue weighted by molar-refractivity contribution is 0.170. The molecular weight excluding hydrogens is 298 g/mol. The molecule has 0 aromatic carbocycles. The first-order valence-electron chi connectivity index (χ1n) is 6.12. The molecule has 0 amide bonds. The smallest absolute Gasteiger partial charge is 0.0701 e. The predicted octanol–water partition coefficient (Wildman–Crippen LogP) is 2.19. The molecule has 17 heavy (non-hydrogen) atoms. The van der Waals surface area contributed by atoms with Crippen LogP contribution in [0.3, 0.4) is 0 Å². The van der Waals surface area contributed by atoms with Crippen molar-refractivity contribution in [3.8, 4) is 0 Å². The summed E-state index contributed by atoms with van der Waals surface area (Å²) in [4.78, 5) is 3.80. The zero-order chi connectivity index (χ0) is 12.3. The molecule has 0 bridgehead atoms. The molecule has 5 heteroatoms. The summed E-state index contributed by atoms with van der Waals surface area (Å²) in [5.74, 6) is 0. The monoisotopic (exact) mass is 317 g/mol. The minimum atomic E-state index is 0.163. The fourth-order valence-corrected chi connectivity index (χ4v) is 3.72. The summed E-state index contributed by atoms with van der Waals surface area (Å²) in [6.45, 7) is 6.77. The van der Waals surface area contributed by atoms with Gasteiger partial charge in [-0.3, -0.25) is 4.90 Å². The Bertz CT molecular complexity index is 349. The quantitative estimate of drug-likeness (QED) is 0.894. The Kier molecular flexibility index (Phi) is 4.99. The number of nitrogens with one attached hydrogen (secondary N) is 1. The van der Waals surface area contributed by atoms with Crippen LogP contribution in [0.5, 0.6) is 0 Å². The van der Waals surface area contributed by atoms with E-state index in [0.717, 1.165) is 36.4 Å². The van der Waals surface area contributed by atoms with Gasteiger partial charge in [-0.15, -0.1) is 11.3 Å². The average Bonchev–Trinajstić information content (AvgIpc) is 2.77. The van der Waals surface area contributed by atoms with Crippen molar-refractivity contribution >= 4 is 27.3 Å².